The lowest BCUT2D eigenvalue weighted by Crippen LogP contribution is -2.32. The molecular weight excluding hydrogens is 351 g/mol. The topological polar surface area (TPSA) is 87.7 Å². The van der Waals surface area contributed by atoms with Gasteiger partial charge in [0.15, 0.2) is 0 Å². The van der Waals surface area contributed by atoms with Gasteiger partial charge in [-0.3, -0.25) is 0 Å². The molecule has 2 amide bonds. The second kappa shape index (κ2) is 10.1. The molecule has 0 saturated carbocycles. The standard InChI is InChI=1S/C20H21FN2O4/c1-2-27-19(25)11-8-14-6-9-17(10-7-14)23-20(26)22-13-18(24)15-4-3-5-16(21)12-15/h3-12,18,24H,2,13H2,1H3,(H2,22,23,26)/b11-8-/t18-/m0/s1. The minimum atomic E-state index is -1.01. The van der Waals surface area contributed by atoms with Crippen LogP contribution < -0.4 is 10.6 Å². The van der Waals surface area contributed by atoms with Gasteiger partial charge < -0.3 is 20.5 Å². The summed E-state index contributed by atoms with van der Waals surface area (Å²) in [5, 5.41) is 15.1. The van der Waals surface area contributed by atoms with Crippen LogP contribution in [0.15, 0.2) is 54.6 Å². The second-order valence-electron chi connectivity index (χ2n) is 5.61. The average Bonchev–Trinajstić information content (AvgIpc) is 2.66. The molecule has 0 radical (unpaired) electrons. The first-order valence-corrected chi connectivity index (χ1v) is 8.41. The number of aliphatic hydroxyl groups is 1. The van der Waals surface area contributed by atoms with Crippen LogP contribution in [0, 0.1) is 5.82 Å². The number of esters is 1. The van der Waals surface area contributed by atoms with E-state index in [1.807, 2.05) is 0 Å². The summed E-state index contributed by atoms with van der Waals surface area (Å²) in [6.07, 6.45) is 1.92. The van der Waals surface area contributed by atoms with Crippen LogP contribution in [0.1, 0.15) is 24.2 Å². The van der Waals surface area contributed by atoms with Crippen molar-refractivity contribution in [2.24, 2.45) is 0 Å². The van der Waals surface area contributed by atoms with Crippen molar-refractivity contribution in [1.29, 1.82) is 0 Å². The molecule has 6 nitrogen and oxygen atoms in total. The van der Waals surface area contributed by atoms with Gasteiger partial charge in [0.2, 0.25) is 0 Å². The number of aliphatic hydroxyl groups excluding tert-OH is 1. The molecule has 27 heavy (non-hydrogen) atoms. The van der Waals surface area contributed by atoms with Crippen molar-refractivity contribution in [3.05, 3.63) is 71.6 Å². The van der Waals surface area contributed by atoms with Gasteiger partial charge in [-0.25, -0.2) is 14.0 Å². The molecule has 2 rings (SSSR count). The fourth-order valence-electron chi connectivity index (χ4n) is 2.23. The van der Waals surface area contributed by atoms with E-state index < -0.39 is 23.9 Å². The van der Waals surface area contributed by atoms with Crippen molar-refractivity contribution in [2.45, 2.75) is 13.0 Å². The number of hydrogen-bond donors (Lipinski definition) is 3. The van der Waals surface area contributed by atoms with E-state index in [2.05, 4.69) is 10.6 Å². The highest BCUT2D eigenvalue weighted by atomic mass is 19.1. The van der Waals surface area contributed by atoms with Crippen LogP contribution in [0.25, 0.3) is 6.08 Å². The van der Waals surface area contributed by atoms with E-state index in [4.69, 9.17) is 4.74 Å². The summed E-state index contributed by atoms with van der Waals surface area (Å²) in [7, 11) is 0. The van der Waals surface area contributed by atoms with Crippen LogP contribution in [0.2, 0.25) is 0 Å². The molecule has 0 spiro atoms. The zero-order chi connectivity index (χ0) is 19.6. The number of rotatable bonds is 7. The Hall–Kier alpha value is -3.19. The van der Waals surface area contributed by atoms with Gasteiger partial charge in [0.05, 0.1) is 12.7 Å². The molecule has 0 aliphatic carbocycles. The van der Waals surface area contributed by atoms with Crippen molar-refractivity contribution in [1.82, 2.24) is 5.32 Å². The Bertz CT molecular complexity index is 806. The van der Waals surface area contributed by atoms with Gasteiger partial charge in [-0.15, -0.1) is 0 Å². The smallest absolute Gasteiger partial charge is 0.330 e. The number of carbonyl (C=O) groups is 2. The minimum Gasteiger partial charge on any atom is -0.463 e. The predicted octanol–water partition coefficient (Wildman–Crippen LogP) is 3.26. The maximum absolute atomic E-state index is 13.1. The SMILES string of the molecule is CCOC(=O)/C=C\c1ccc(NC(=O)NC[C@H](O)c2cccc(F)c2)cc1. The van der Waals surface area contributed by atoms with Crippen molar-refractivity contribution in [3.63, 3.8) is 0 Å². The number of anilines is 1. The third kappa shape index (κ3) is 6.91. The van der Waals surface area contributed by atoms with Crippen LogP contribution >= 0.6 is 0 Å². The highest BCUT2D eigenvalue weighted by molar-refractivity contribution is 5.90. The number of ether oxygens (including phenoxy) is 1. The maximum atomic E-state index is 13.1. The fourth-order valence-corrected chi connectivity index (χ4v) is 2.23. The second-order valence-corrected chi connectivity index (χ2v) is 5.61. The third-order valence-corrected chi connectivity index (χ3v) is 3.56. The number of nitrogens with one attached hydrogen (secondary N) is 2. The normalized spacial score (nSPS) is 11.8. The van der Waals surface area contributed by atoms with Crippen LogP contribution in [0.5, 0.6) is 0 Å². The molecule has 2 aromatic rings. The van der Waals surface area contributed by atoms with Gasteiger partial charge in [-0.1, -0.05) is 24.3 Å². The molecule has 142 valence electrons. The Labute approximate surface area is 156 Å². The van der Waals surface area contributed by atoms with Gasteiger partial charge in [0.1, 0.15) is 5.82 Å². The Kier molecular flexibility index (Phi) is 7.51. The van der Waals surface area contributed by atoms with E-state index >= 15 is 0 Å². The summed E-state index contributed by atoms with van der Waals surface area (Å²) < 4.78 is 17.9. The maximum Gasteiger partial charge on any atom is 0.330 e. The van der Waals surface area contributed by atoms with Gasteiger partial charge >= 0.3 is 12.0 Å². The van der Waals surface area contributed by atoms with Crippen molar-refractivity contribution in [3.8, 4) is 0 Å². The fraction of sp³-hybridized carbons (Fsp3) is 0.200. The number of benzene rings is 2. The molecule has 0 heterocycles. The molecule has 0 aromatic heterocycles. The zero-order valence-electron chi connectivity index (χ0n) is 14.8. The number of urea groups is 1. The third-order valence-electron chi connectivity index (χ3n) is 3.56. The number of hydrogen-bond acceptors (Lipinski definition) is 4. The first-order chi connectivity index (χ1) is 13.0. The van der Waals surface area contributed by atoms with E-state index in [0.717, 1.165) is 5.56 Å². The summed E-state index contributed by atoms with van der Waals surface area (Å²) in [6.45, 7) is 1.99. The summed E-state index contributed by atoms with van der Waals surface area (Å²) >= 11 is 0. The Morgan fingerprint density at radius 2 is 1.96 bits per heavy atom. The van der Waals surface area contributed by atoms with Crippen LogP contribution in [-0.4, -0.2) is 30.3 Å². The quantitative estimate of drug-likeness (QED) is 0.514. The lowest BCUT2D eigenvalue weighted by molar-refractivity contribution is -0.137. The number of amides is 2. The van der Waals surface area contributed by atoms with Crippen molar-refractivity contribution in [2.75, 3.05) is 18.5 Å². The van der Waals surface area contributed by atoms with Crippen molar-refractivity contribution >= 4 is 23.8 Å². The first kappa shape index (κ1) is 20.1. The Balaban J connectivity index is 1.82. The van der Waals surface area contributed by atoms with E-state index in [-0.39, 0.29) is 6.54 Å². The van der Waals surface area contributed by atoms with Gasteiger partial charge in [-0.2, -0.15) is 0 Å². The first-order valence-electron chi connectivity index (χ1n) is 8.41. The lowest BCUT2D eigenvalue weighted by Gasteiger charge is -2.13. The van der Waals surface area contributed by atoms with E-state index in [0.29, 0.717) is 17.9 Å². The van der Waals surface area contributed by atoms with Crippen LogP contribution in [-0.2, 0) is 9.53 Å². The summed E-state index contributed by atoms with van der Waals surface area (Å²) in [4.78, 5) is 23.2. The van der Waals surface area contributed by atoms with Crippen LogP contribution in [0.3, 0.4) is 0 Å². The molecule has 0 saturated heterocycles. The van der Waals surface area contributed by atoms with E-state index in [1.165, 1.54) is 24.3 Å². The van der Waals surface area contributed by atoms with Gasteiger partial charge in [-0.05, 0) is 48.4 Å². The molecular formula is C20H21FN2O4. The summed E-state index contributed by atoms with van der Waals surface area (Å²) in [6, 6.07) is 11.9. The molecule has 0 aliphatic heterocycles. The largest absolute Gasteiger partial charge is 0.463 e. The number of carbonyl (C=O) groups excluding carboxylic acids is 2. The summed E-state index contributed by atoms with van der Waals surface area (Å²) in [5.41, 5.74) is 1.70. The van der Waals surface area contributed by atoms with Gasteiger partial charge in [0, 0.05) is 18.3 Å². The molecule has 3 N–H and O–H groups in total. The van der Waals surface area contributed by atoms with E-state index in [9.17, 15) is 19.1 Å². The highest BCUT2D eigenvalue weighted by Gasteiger charge is 2.10. The van der Waals surface area contributed by atoms with Gasteiger partial charge in [0.25, 0.3) is 0 Å². The minimum absolute atomic E-state index is 0.0599. The average molecular weight is 372 g/mol. The molecule has 0 aliphatic rings. The molecule has 7 heteroatoms. The molecule has 1 atom stereocenters. The van der Waals surface area contributed by atoms with E-state index in [1.54, 1.807) is 43.3 Å². The molecule has 0 bridgehead atoms. The molecule has 0 fully saturated rings. The number of halogens is 1. The van der Waals surface area contributed by atoms with Crippen molar-refractivity contribution < 1.29 is 23.8 Å². The highest BCUT2D eigenvalue weighted by Crippen LogP contribution is 2.14. The molecule has 2 aromatic carbocycles. The monoisotopic (exact) mass is 372 g/mol. The lowest BCUT2D eigenvalue weighted by atomic mass is 10.1. The van der Waals surface area contributed by atoms with Crippen LogP contribution in [0.4, 0.5) is 14.9 Å². The summed E-state index contributed by atoms with van der Waals surface area (Å²) in [5.74, 6) is -0.871. The Morgan fingerprint density at radius 1 is 1.22 bits per heavy atom. The molecule has 0 unspecified atom stereocenters. The predicted molar refractivity (Wildman–Crippen MR) is 100 cm³/mol. The zero-order valence-corrected chi connectivity index (χ0v) is 14.8. The Morgan fingerprint density at radius 3 is 2.63 bits per heavy atom.